The number of thioether (sulfide) groups is 1. The largest absolute Gasteiger partial charge is 0.417 e. The molecule has 0 aliphatic rings. The van der Waals surface area contributed by atoms with E-state index in [0.717, 1.165) is 31.6 Å². The lowest BCUT2D eigenvalue weighted by Crippen LogP contribution is -2.32. The van der Waals surface area contributed by atoms with Crippen LogP contribution < -0.4 is 5.32 Å². The van der Waals surface area contributed by atoms with E-state index in [1.165, 1.54) is 17.8 Å². The number of nitrogens with zero attached hydrogens (tertiary/aromatic N) is 1. The van der Waals surface area contributed by atoms with Crippen molar-refractivity contribution in [1.29, 1.82) is 0 Å². The third-order valence-corrected chi connectivity index (χ3v) is 4.12. The molecule has 1 N–H and O–H groups in total. The first kappa shape index (κ1) is 17.3. The van der Waals surface area contributed by atoms with Gasteiger partial charge in [-0.25, -0.2) is 4.98 Å². The number of aromatic nitrogens is 1. The second kappa shape index (κ2) is 7.88. The van der Waals surface area contributed by atoms with Gasteiger partial charge in [0.05, 0.1) is 10.6 Å². The first-order chi connectivity index (χ1) is 9.36. The number of nitrogens with one attached hydrogen (secondary N) is 1. The Kier molecular flexibility index (Phi) is 6.82. The van der Waals surface area contributed by atoms with Crippen LogP contribution in [0.4, 0.5) is 13.2 Å². The highest BCUT2D eigenvalue weighted by molar-refractivity contribution is 7.99. The summed E-state index contributed by atoms with van der Waals surface area (Å²) in [5.74, 6) is 0. The Hall–Kier alpha value is -0.750. The van der Waals surface area contributed by atoms with Crippen LogP contribution in [0.15, 0.2) is 23.4 Å². The second-order valence-corrected chi connectivity index (χ2v) is 6.19. The Morgan fingerprint density at radius 1 is 1.25 bits per heavy atom. The molecule has 1 aromatic heterocycles. The van der Waals surface area contributed by atoms with E-state index in [0.29, 0.717) is 11.1 Å². The molecule has 0 bridgehead atoms. The van der Waals surface area contributed by atoms with Gasteiger partial charge < -0.3 is 5.32 Å². The molecule has 1 aromatic rings. The SMILES string of the molecule is CCC(CC)NCC(C)Sc1ccc(C(F)(F)F)cn1. The summed E-state index contributed by atoms with van der Waals surface area (Å²) in [5.41, 5.74) is -0.704. The summed E-state index contributed by atoms with van der Waals surface area (Å²) in [6.07, 6.45) is -1.28. The van der Waals surface area contributed by atoms with E-state index in [1.807, 2.05) is 6.92 Å². The first-order valence-electron chi connectivity index (χ1n) is 6.80. The van der Waals surface area contributed by atoms with Gasteiger partial charge in [-0.1, -0.05) is 20.8 Å². The third kappa shape index (κ3) is 5.71. The van der Waals surface area contributed by atoms with Crippen molar-refractivity contribution in [3.05, 3.63) is 23.9 Å². The maximum absolute atomic E-state index is 12.4. The smallest absolute Gasteiger partial charge is 0.313 e. The molecule has 0 fully saturated rings. The van der Waals surface area contributed by atoms with Crippen LogP contribution in [0.2, 0.25) is 0 Å². The summed E-state index contributed by atoms with van der Waals surface area (Å²) >= 11 is 1.48. The van der Waals surface area contributed by atoms with Crippen molar-refractivity contribution in [2.24, 2.45) is 0 Å². The summed E-state index contributed by atoms with van der Waals surface area (Å²) in [5, 5.41) is 4.33. The zero-order valence-corrected chi connectivity index (χ0v) is 12.8. The fourth-order valence-corrected chi connectivity index (χ4v) is 2.63. The maximum Gasteiger partial charge on any atom is 0.417 e. The topological polar surface area (TPSA) is 24.9 Å². The van der Waals surface area contributed by atoms with Gasteiger partial charge in [0.2, 0.25) is 0 Å². The molecule has 0 amide bonds. The number of halogens is 3. The van der Waals surface area contributed by atoms with Crippen LogP contribution >= 0.6 is 11.8 Å². The minimum atomic E-state index is -4.32. The van der Waals surface area contributed by atoms with Gasteiger partial charge in [-0.15, -0.1) is 11.8 Å². The highest BCUT2D eigenvalue weighted by atomic mass is 32.2. The van der Waals surface area contributed by atoms with Crippen molar-refractivity contribution < 1.29 is 13.2 Å². The zero-order chi connectivity index (χ0) is 15.2. The summed E-state index contributed by atoms with van der Waals surface area (Å²) in [4.78, 5) is 3.87. The van der Waals surface area contributed by atoms with E-state index < -0.39 is 11.7 Å². The molecular weight excluding hydrogens is 285 g/mol. The summed E-state index contributed by atoms with van der Waals surface area (Å²) < 4.78 is 37.2. The molecular formula is C14H21F3N2S. The number of alkyl halides is 3. The van der Waals surface area contributed by atoms with Gasteiger partial charge in [-0.3, -0.25) is 0 Å². The Balaban J connectivity index is 2.48. The molecule has 114 valence electrons. The molecule has 0 aliphatic carbocycles. The third-order valence-electron chi connectivity index (χ3n) is 3.07. The summed E-state index contributed by atoms with van der Waals surface area (Å²) in [6.45, 7) is 7.13. The summed E-state index contributed by atoms with van der Waals surface area (Å²) in [6, 6.07) is 3.01. The predicted octanol–water partition coefficient (Wildman–Crippen LogP) is 4.36. The Labute approximate surface area is 122 Å². The van der Waals surface area contributed by atoms with E-state index >= 15 is 0 Å². The molecule has 0 aromatic carbocycles. The van der Waals surface area contributed by atoms with Crippen LogP contribution in [-0.4, -0.2) is 22.8 Å². The van der Waals surface area contributed by atoms with E-state index in [1.54, 1.807) is 0 Å². The molecule has 1 atom stereocenters. The lowest BCUT2D eigenvalue weighted by atomic mass is 10.2. The number of hydrogen-bond donors (Lipinski definition) is 1. The van der Waals surface area contributed by atoms with Gasteiger partial charge in [0, 0.05) is 24.0 Å². The van der Waals surface area contributed by atoms with Crippen LogP contribution in [0.25, 0.3) is 0 Å². The maximum atomic E-state index is 12.4. The number of rotatable bonds is 7. The van der Waals surface area contributed by atoms with Crippen molar-refractivity contribution in [2.45, 2.75) is 56.1 Å². The fraction of sp³-hybridized carbons (Fsp3) is 0.643. The minimum absolute atomic E-state index is 0.264. The Morgan fingerprint density at radius 2 is 1.90 bits per heavy atom. The van der Waals surface area contributed by atoms with Gasteiger partial charge in [-0.2, -0.15) is 13.2 Å². The van der Waals surface area contributed by atoms with Crippen molar-refractivity contribution in [3.8, 4) is 0 Å². The average molecular weight is 306 g/mol. The van der Waals surface area contributed by atoms with Crippen LogP contribution in [0.1, 0.15) is 39.2 Å². The summed E-state index contributed by atoms with van der Waals surface area (Å²) in [7, 11) is 0. The lowest BCUT2D eigenvalue weighted by molar-refractivity contribution is -0.137. The fourth-order valence-electron chi connectivity index (χ4n) is 1.78. The molecule has 1 heterocycles. The molecule has 0 radical (unpaired) electrons. The monoisotopic (exact) mass is 306 g/mol. The van der Waals surface area contributed by atoms with E-state index in [4.69, 9.17) is 0 Å². The molecule has 0 aliphatic heterocycles. The quantitative estimate of drug-likeness (QED) is 0.758. The molecule has 0 saturated heterocycles. The molecule has 2 nitrogen and oxygen atoms in total. The standard InChI is InChI=1S/C14H21F3N2S/c1-4-12(5-2)18-8-10(3)20-13-7-6-11(9-19-13)14(15,16)17/h6-7,9-10,12,18H,4-5,8H2,1-3H3. The molecule has 1 rings (SSSR count). The van der Waals surface area contributed by atoms with Crippen LogP contribution in [-0.2, 0) is 6.18 Å². The van der Waals surface area contributed by atoms with E-state index in [9.17, 15) is 13.2 Å². The molecule has 0 saturated carbocycles. The lowest BCUT2D eigenvalue weighted by Gasteiger charge is -2.18. The van der Waals surface area contributed by atoms with Gasteiger partial charge >= 0.3 is 6.18 Å². The van der Waals surface area contributed by atoms with Gasteiger partial charge in [0.1, 0.15) is 0 Å². The van der Waals surface area contributed by atoms with E-state index in [-0.39, 0.29) is 5.25 Å². The normalized spacial score (nSPS) is 13.8. The van der Waals surface area contributed by atoms with Crippen LogP contribution in [0, 0.1) is 0 Å². The predicted molar refractivity (Wildman–Crippen MR) is 76.9 cm³/mol. The van der Waals surface area contributed by atoms with Crippen molar-refractivity contribution in [3.63, 3.8) is 0 Å². The first-order valence-corrected chi connectivity index (χ1v) is 7.68. The second-order valence-electron chi connectivity index (χ2n) is 4.73. The highest BCUT2D eigenvalue weighted by Gasteiger charge is 2.30. The molecule has 6 heteroatoms. The zero-order valence-electron chi connectivity index (χ0n) is 12.0. The Morgan fingerprint density at radius 3 is 2.35 bits per heavy atom. The van der Waals surface area contributed by atoms with Crippen molar-refractivity contribution >= 4 is 11.8 Å². The Bertz CT molecular complexity index is 388. The minimum Gasteiger partial charge on any atom is -0.313 e. The average Bonchev–Trinajstić information content (AvgIpc) is 2.39. The number of pyridine rings is 1. The van der Waals surface area contributed by atoms with Gasteiger partial charge in [0.25, 0.3) is 0 Å². The molecule has 0 spiro atoms. The molecule has 20 heavy (non-hydrogen) atoms. The van der Waals surface area contributed by atoms with Crippen molar-refractivity contribution in [1.82, 2.24) is 10.3 Å². The van der Waals surface area contributed by atoms with Gasteiger partial charge in [0.15, 0.2) is 0 Å². The van der Waals surface area contributed by atoms with Crippen LogP contribution in [0.5, 0.6) is 0 Å². The highest BCUT2D eigenvalue weighted by Crippen LogP contribution is 2.30. The molecule has 1 unspecified atom stereocenters. The number of hydrogen-bond acceptors (Lipinski definition) is 3. The van der Waals surface area contributed by atoms with Crippen molar-refractivity contribution in [2.75, 3.05) is 6.54 Å². The van der Waals surface area contributed by atoms with E-state index in [2.05, 4.69) is 24.1 Å². The van der Waals surface area contributed by atoms with Gasteiger partial charge in [-0.05, 0) is 25.0 Å². The van der Waals surface area contributed by atoms with Crippen LogP contribution in [0.3, 0.4) is 0 Å².